The van der Waals surface area contributed by atoms with Gasteiger partial charge in [0.25, 0.3) is 15.6 Å². The van der Waals surface area contributed by atoms with Gasteiger partial charge in [-0.25, -0.2) is 13.2 Å². The van der Waals surface area contributed by atoms with Crippen LogP contribution in [0.25, 0.3) is 10.9 Å². The Morgan fingerprint density at radius 2 is 1.82 bits per heavy atom. The lowest BCUT2D eigenvalue weighted by atomic mass is 10.2. The summed E-state index contributed by atoms with van der Waals surface area (Å²) in [4.78, 5) is 24.7. The largest absolute Gasteiger partial charge is 0.507 e. The molecule has 33 heavy (non-hydrogen) atoms. The van der Waals surface area contributed by atoms with E-state index in [-0.39, 0.29) is 21.0 Å². The molecule has 2 N–H and O–H groups in total. The number of nitrogens with zero attached hydrogens (tertiary/aromatic N) is 3. The molecule has 0 spiro atoms. The number of benzene rings is 3. The number of aromatic nitrogens is 3. The molecule has 0 aliphatic rings. The van der Waals surface area contributed by atoms with Crippen molar-refractivity contribution >= 4 is 44.2 Å². The van der Waals surface area contributed by atoms with Crippen LogP contribution in [0, 0.1) is 0 Å². The highest BCUT2D eigenvalue weighted by Crippen LogP contribution is 2.27. The average Bonchev–Trinajstić information content (AvgIpc) is 2.80. The molecule has 0 radical (unpaired) electrons. The second kappa shape index (κ2) is 8.88. The Balaban J connectivity index is 1.56. The van der Waals surface area contributed by atoms with Gasteiger partial charge in [0.15, 0.2) is 6.73 Å². The molecule has 0 amide bonds. The zero-order valence-electron chi connectivity index (χ0n) is 16.7. The second-order valence-corrected chi connectivity index (χ2v) is 8.83. The third-order valence-corrected chi connectivity index (χ3v) is 6.26. The van der Waals surface area contributed by atoms with E-state index in [9.17, 15) is 23.1 Å². The van der Waals surface area contributed by atoms with E-state index in [1.165, 1.54) is 12.1 Å². The Labute approximate surface area is 192 Å². The fourth-order valence-corrected chi connectivity index (χ4v) is 4.24. The van der Waals surface area contributed by atoms with E-state index >= 15 is 0 Å². The topological polar surface area (TPSA) is 140 Å². The summed E-state index contributed by atoms with van der Waals surface area (Å²) >= 11 is 5.99. The van der Waals surface area contributed by atoms with E-state index in [1.54, 1.807) is 36.4 Å². The third kappa shape index (κ3) is 4.64. The lowest BCUT2D eigenvalue weighted by Crippen LogP contribution is -2.26. The maximum atomic E-state index is 12.7. The molecule has 0 saturated carbocycles. The van der Waals surface area contributed by atoms with Crippen LogP contribution < -0.4 is 10.3 Å². The number of para-hydroxylation sites is 1. The predicted molar refractivity (Wildman–Crippen MR) is 120 cm³/mol. The van der Waals surface area contributed by atoms with Gasteiger partial charge in [0.1, 0.15) is 16.8 Å². The van der Waals surface area contributed by atoms with Crippen LogP contribution in [0.5, 0.6) is 5.75 Å². The van der Waals surface area contributed by atoms with Gasteiger partial charge in [-0.2, -0.15) is 4.68 Å². The zero-order valence-corrected chi connectivity index (χ0v) is 18.2. The first-order valence-electron chi connectivity index (χ1n) is 9.36. The molecule has 0 fully saturated rings. The molecule has 3 aromatic carbocycles. The minimum Gasteiger partial charge on any atom is -0.507 e. The fraction of sp³-hybridized carbons (Fsp3) is 0.0476. The van der Waals surface area contributed by atoms with Crippen molar-refractivity contribution in [3.8, 4) is 5.75 Å². The summed E-state index contributed by atoms with van der Waals surface area (Å²) in [6, 6.07) is 15.8. The van der Waals surface area contributed by atoms with Gasteiger partial charge in [0, 0.05) is 0 Å². The second-order valence-electron chi connectivity index (χ2n) is 6.74. The number of hydrogen-bond donors (Lipinski definition) is 2. The molecule has 4 aromatic rings. The van der Waals surface area contributed by atoms with E-state index in [0.29, 0.717) is 5.52 Å². The minimum absolute atomic E-state index is 0.144. The number of anilines is 1. The maximum Gasteiger partial charge on any atom is 0.343 e. The number of hydrogen-bond acceptors (Lipinski definition) is 8. The van der Waals surface area contributed by atoms with Crippen LogP contribution in [-0.2, 0) is 21.5 Å². The van der Waals surface area contributed by atoms with Gasteiger partial charge in [-0.1, -0.05) is 41.1 Å². The van der Waals surface area contributed by atoms with Crippen molar-refractivity contribution < 1.29 is 23.1 Å². The zero-order chi connectivity index (χ0) is 23.6. The molecule has 0 saturated heterocycles. The van der Waals surface area contributed by atoms with Crippen LogP contribution in [0.15, 0.2) is 76.4 Å². The minimum atomic E-state index is -4.14. The number of aromatic hydroxyl groups is 1. The number of ether oxygens (including phenoxy) is 1. The van der Waals surface area contributed by atoms with E-state index in [1.807, 2.05) is 0 Å². The molecule has 168 valence electrons. The molecule has 10 nitrogen and oxygen atoms in total. The van der Waals surface area contributed by atoms with E-state index < -0.39 is 39.6 Å². The number of sulfonamides is 1. The molecule has 0 aliphatic carbocycles. The van der Waals surface area contributed by atoms with Gasteiger partial charge in [-0.15, -0.1) is 5.10 Å². The summed E-state index contributed by atoms with van der Waals surface area (Å²) < 4.78 is 33.6. The average molecular weight is 487 g/mol. The van der Waals surface area contributed by atoms with Crippen molar-refractivity contribution in [3.05, 3.63) is 87.7 Å². The first kappa shape index (κ1) is 22.2. The molecule has 4 rings (SSSR count). The molecule has 1 aromatic heterocycles. The van der Waals surface area contributed by atoms with E-state index in [2.05, 4.69) is 15.0 Å². The summed E-state index contributed by atoms with van der Waals surface area (Å²) in [5.74, 6) is -1.57. The highest BCUT2D eigenvalue weighted by atomic mass is 35.5. The molecule has 0 bridgehead atoms. The van der Waals surface area contributed by atoms with Crippen LogP contribution in [-0.4, -0.2) is 34.5 Å². The van der Waals surface area contributed by atoms with Crippen LogP contribution in [0.3, 0.4) is 0 Å². The summed E-state index contributed by atoms with van der Waals surface area (Å²) in [5, 5.41) is 18.1. The van der Waals surface area contributed by atoms with Crippen LogP contribution in [0.2, 0.25) is 5.02 Å². The number of phenolic OH excluding ortho intramolecular Hbond substituents is 1. The van der Waals surface area contributed by atoms with Crippen LogP contribution >= 0.6 is 11.6 Å². The fourth-order valence-electron chi connectivity index (χ4n) is 2.90. The summed E-state index contributed by atoms with van der Waals surface area (Å²) in [6.07, 6.45) is 0. The van der Waals surface area contributed by atoms with Crippen molar-refractivity contribution in [1.82, 2.24) is 15.0 Å². The van der Waals surface area contributed by atoms with E-state index in [0.717, 1.165) is 22.9 Å². The van der Waals surface area contributed by atoms with Gasteiger partial charge in [-0.05, 0) is 42.5 Å². The summed E-state index contributed by atoms with van der Waals surface area (Å²) in [5.41, 5.74) is -0.422. The number of fused-ring (bicyclic) bond motifs is 1. The number of halogens is 1. The smallest absolute Gasteiger partial charge is 0.343 e. The monoisotopic (exact) mass is 486 g/mol. The first-order valence-corrected chi connectivity index (χ1v) is 11.2. The van der Waals surface area contributed by atoms with Gasteiger partial charge >= 0.3 is 5.97 Å². The molecular formula is C21H15ClN4O6S. The van der Waals surface area contributed by atoms with Crippen molar-refractivity contribution in [2.24, 2.45) is 0 Å². The number of phenols is 1. The number of carbonyl (C=O) groups is 1. The van der Waals surface area contributed by atoms with Gasteiger partial charge < -0.3 is 9.84 Å². The quantitative estimate of drug-likeness (QED) is 0.396. The number of esters is 1. The van der Waals surface area contributed by atoms with Gasteiger partial charge in [0.05, 0.1) is 21.0 Å². The standard InChI is InChI=1S/C21H15ClN4O6S/c22-16-6-2-4-8-18(16)24-33(30,31)13-9-10-19(27)15(11-13)21(29)32-12-26-20(28)14-5-1-3-7-17(14)23-25-26/h1-11,24,27H,12H2. The Hall–Kier alpha value is -3.96. The SMILES string of the molecule is O=C(OCn1nnc2ccccc2c1=O)c1cc(S(=O)(=O)Nc2ccccc2Cl)ccc1O. The number of nitrogens with one attached hydrogen (secondary N) is 1. The lowest BCUT2D eigenvalue weighted by Gasteiger charge is -2.12. The Morgan fingerprint density at radius 3 is 2.61 bits per heavy atom. The molecular weight excluding hydrogens is 472 g/mol. The van der Waals surface area contributed by atoms with Crippen molar-refractivity contribution in [2.75, 3.05) is 4.72 Å². The normalized spacial score (nSPS) is 11.3. The highest BCUT2D eigenvalue weighted by Gasteiger charge is 2.21. The lowest BCUT2D eigenvalue weighted by molar-refractivity contribution is 0.0332. The summed E-state index contributed by atoms with van der Waals surface area (Å²) in [6.45, 7) is -0.593. The molecule has 0 unspecified atom stereocenters. The van der Waals surface area contributed by atoms with Gasteiger partial charge in [-0.3, -0.25) is 9.52 Å². The third-order valence-electron chi connectivity index (χ3n) is 4.56. The molecule has 12 heteroatoms. The predicted octanol–water partition coefficient (Wildman–Crippen LogP) is 2.77. The van der Waals surface area contributed by atoms with Crippen molar-refractivity contribution in [1.29, 1.82) is 0 Å². The molecule has 0 aliphatic heterocycles. The Morgan fingerprint density at radius 1 is 1.09 bits per heavy atom. The highest BCUT2D eigenvalue weighted by molar-refractivity contribution is 7.92. The molecule has 0 atom stereocenters. The van der Waals surface area contributed by atoms with Crippen molar-refractivity contribution in [3.63, 3.8) is 0 Å². The first-order chi connectivity index (χ1) is 15.8. The van der Waals surface area contributed by atoms with Gasteiger partial charge in [0.2, 0.25) is 0 Å². The number of rotatable bonds is 6. The Kier molecular flexibility index (Phi) is 5.99. The maximum absolute atomic E-state index is 12.7. The summed E-state index contributed by atoms with van der Waals surface area (Å²) in [7, 11) is -4.14. The number of carbonyl (C=O) groups excluding carboxylic acids is 1. The van der Waals surface area contributed by atoms with Crippen LogP contribution in [0.4, 0.5) is 5.69 Å². The van der Waals surface area contributed by atoms with Crippen molar-refractivity contribution in [2.45, 2.75) is 11.6 Å². The Bertz CT molecular complexity index is 1540. The van der Waals surface area contributed by atoms with Crippen LogP contribution in [0.1, 0.15) is 10.4 Å². The van der Waals surface area contributed by atoms with E-state index in [4.69, 9.17) is 16.3 Å². The molecule has 1 heterocycles.